The second-order valence-electron chi connectivity index (χ2n) is 6.41. The van der Waals surface area contributed by atoms with Crippen molar-refractivity contribution in [2.45, 2.75) is 38.2 Å². The van der Waals surface area contributed by atoms with Gasteiger partial charge < -0.3 is 14.2 Å². The number of esters is 1. The van der Waals surface area contributed by atoms with E-state index in [4.69, 9.17) is 14.2 Å². The molecule has 0 amide bonds. The van der Waals surface area contributed by atoms with E-state index in [9.17, 15) is 14.9 Å². The summed E-state index contributed by atoms with van der Waals surface area (Å²) in [4.78, 5) is 23.7. The average Bonchev–Trinajstić information content (AvgIpc) is 2.65. The molecule has 0 saturated heterocycles. The number of hydrogen-bond acceptors (Lipinski definition) is 6. The summed E-state index contributed by atoms with van der Waals surface area (Å²) in [5.74, 6) is -0.571. The summed E-state index contributed by atoms with van der Waals surface area (Å²) in [7, 11) is 4.24. The van der Waals surface area contributed by atoms with Crippen molar-refractivity contribution < 1.29 is 23.9 Å². The number of carbonyl (C=O) groups excluding carboxylic acids is 1. The van der Waals surface area contributed by atoms with Crippen molar-refractivity contribution in [1.82, 2.24) is 0 Å². The quantitative estimate of drug-likeness (QED) is 0.362. The van der Waals surface area contributed by atoms with Crippen LogP contribution in [0.5, 0.6) is 5.75 Å². The normalized spacial score (nSPS) is 17.4. The van der Waals surface area contributed by atoms with Gasteiger partial charge in [0.25, 0.3) is 5.69 Å². The fraction of sp³-hybridized carbons (Fsp3) is 0.611. The molecule has 0 heterocycles. The third-order valence-electron chi connectivity index (χ3n) is 5.02. The molecular weight excluding hydrogens is 406 g/mol. The topological polar surface area (TPSA) is 87.9 Å². The molecule has 26 heavy (non-hydrogen) atoms. The van der Waals surface area contributed by atoms with Crippen LogP contribution in [-0.2, 0) is 14.3 Å². The lowest BCUT2D eigenvalue weighted by Gasteiger charge is -2.33. The third-order valence-corrected chi connectivity index (χ3v) is 5.64. The summed E-state index contributed by atoms with van der Waals surface area (Å²) < 4.78 is 16.4. The van der Waals surface area contributed by atoms with Gasteiger partial charge in [-0.15, -0.1) is 0 Å². The maximum atomic E-state index is 12.6. The van der Waals surface area contributed by atoms with E-state index in [2.05, 4.69) is 15.9 Å². The van der Waals surface area contributed by atoms with Gasteiger partial charge in [0.2, 0.25) is 0 Å². The number of carbonyl (C=O) groups is 1. The minimum absolute atomic E-state index is 0.0710. The maximum absolute atomic E-state index is 12.6. The molecule has 1 aliphatic carbocycles. The van der Waals surface area contributed by atoms with Crippen molar-refractivity contribution in [3.8, 4) is 5.75 Å². The van der Waals surface area contributed by atoms with Crippen LogP contribution < -0.4 is 4.74 Å². The van der Waals surface area contributed by atoms with Crippen LogP contribution in [0.25, 0.3) is 0 Å². The molecule has 144 valence electrons. The molecule has 7 nitrogen and oxygen atoms in total. The third kappa shape index (κ3) is 4.35. The summed E-state index contributed by atoms with van der Waals surface area (Å²) in [5.41, 5.74) is 0.202. The number of halogens is 1. The molecule has 0 aliphatic heterocycles. The first-order valence-corrected chi connectivity index (χ1v) is 9.36. The van der Waals surface area contributed by atoms with Gasteiger partial charge in [-0.3, -0.25) is 14.9 Å². The Morgan fingerprint density at radius 2 is 1.88 bits per heavy atom. The zero-order valence-corrected chi connectivity index (χ0v) is 16.8. The van der Waals surface area contributed by atoms with Crippen molar-refractivity contribution in [2.75, 3.05) is 21.3 Å². The van der Waals surface area contributed by atoms with Gasteiger partial charge in [-0.25, -0.2) is 0 Å². The van der Waals surface area contributed by atoms with Gasteiger partial charge in [0, 0.05) is 7.11 Å². The summed E-state index contributed by atoms with van der Waals surface area (Å²) in [6, 6.07) is 2.95. The predicted octanol–water partition coefficient (Wildman–Crippen LogP) is 4.42. The van der Waals surface area contributed by atoms with Crippen molar-refractivity contribution in [2.24, 2.45) is 11.8 Å². The highest BCUT2D eigenvalue weighted by atomic mass is 79.9. The first kappa shape index (κ1) is 20.6. The molecule has 2 unspecified atom stereocenters. The van der Waals surface area contributed by atoms with E-state index in [0.717, 1.165) is 32.1 Å². The largest absolute Gasteiger partial charge is 0.495 e. The Morgan fingerprint density at radius 1 is 1.23 bits per heavy atom. The fourth-order valence-corrected chi connectivity index (χ4v) is 4.28. The van der Waals surface area contributed by atoms with E-state index >= 15 is 0 Å². The van der Waals surface area contributed by atoms with Gasteiger partial charge in [0.1, 0.15) is 11.9 Å². The van der Waals surface area contributed by atoms with E-state index in [1.807, 2.05) is 0 Å². The number of hydrogen-bond donors (Lipinski definition) is 0. The average molecular weight is 430 g/mol. The molecule has 2 atom stereocenters. The Hall–Kier alpha value is -1.67. The van der Waals surface area contributed by atoms with Crippen LogP contribution in [0, 0.1) is 22.0 Å². The summed E-state index contributed by atoms with van der Waals surface area (Å²) in [5, 5.41) is 11.6. The molecule has 1 saturated carbocycles. The van der Waals surface area contributed by atoms with Crippen LogP contribution in [-0.4, -0.2) is 32.2 Å². The number of nitrogens with zero attached hydrogens (tertiary/aromatic N) is 1. The lowest BCUT2D eigenvalue weighted by molar-refractivity contribution is -0.386. The van der Waals surface area contributed by atoms with Crippen LogP contribution >= 0.6 is 15.9 Å². The Bertz CT molecular complexity index is 659. The lowest BCUT2D eigenvalue weighted by atomic mass is 9.75. The second-order valence-corrected chi connectivity index (χ2v) is 7.26. The molecule has 8 heteroatoms. The van der Waals surface area contributed by atoms with Gasteiger partial charge >= 0.3 is 5.97 Å². The minimum Gasteiger partial charge on any atom is -0.495 e. The first-order valence-electron chi connectivity index (χ1n) is 8.57. The Morgan fingerprint density at radius 3 is 2.38 bits per heavy atom. The second kappa shape index (κ2) is 9.32. The SMILES string of the molecule is COC(=O)C(C1CCCCC1)C(OC)c1cc(Br)c(OC)cc1[N+](=O)[O-]. The lowest BCUT2D eigenvalue weighted by Crippen LogP contribution is -2.33. The fourth-order valence-electron chi connectivity index (χ4n) is 3.76. The van der Waals surface area contributed by atoms with Crippen LogP contribution in [0.2, 0.25) is 0 Å². The Kier molecular flexibility index (Phi) is 7.40. The predicted molar refractivity (Wildman–Crippen MR) is 99.2 cm³/mol. The minimum atomic E-state index is -0.770. The van der Waals surface area contributed by atoms with Crippen molar-refractivity contribution >= 4 is 27.6 Å². The van der Waals surface area contributed by atoms with E-state index in [0.29, 0.717) is 15.8 Å². The van der Waals surface area contributed by atoms with E-state index < -0.39 is 22.9 Å². The number of methoxy groups -OCH3 is 3. The highest BCUT2D eigenvalue weighted by molar-refractivity contribution is 9.10. The summed E-state index contributed by atoms with van der Waals surface area (Å²) >= 11 is 3.37. The number of benzene rings is 1. The van der Waals surface area contributed by atoms with Crippen LogP contribution in [0.1, 0.15) is 43.8 Å². The Labute approximate surface area is 161 Å². The first-order chi connectivity index (χ1) is 12.4. The molecule has 1 aromatic rings. The van der Waals surface area contributed by atoms with E-state index in [1.54, 1.807) is 6.07 Å². The molecule has 0 N–H and O–H groups in total. The molecule has 0 aromatic heterocycles. The maximum Gasteiger partial charge on any atom is 0.311 e. The van der Waals surface area contributed by atoms with Crippen LogP contribution in [0.4, 0.5) is 5.69 Å². The summed E-state index contributed by atoms with van der Waals surface area (Å²) in [6.45, 7) is 0. The highest BCUT2D eigenvalue weighted by Gasteiger charge is 2.41. The number of nitro groups is 1. The highest BCUT2D eigenvalue weighted by Crippen LogP contribution is 2.44. The molecule has 2 rings (SSSR count). The molecule has 1 aromatic carbocycles. The van der Waals surface area contributed by atoms with Gasteiger partial charge in [-0.1, -0.05) is 19.3 Å². The zero-order valence-electron chi connectivity index (χ0n) is 15.2. The van der Waals surface area contributed by atoms with Gasteiger partial charge in [0.15, 0.2) is 0 Å². The zero-order chi connectivity index (χ0) is 19.3. The van der Waals surface area contributed by atoms with Crippen molar-refractivity contribution in [3.05, 3.63) is 32.3 Å². The van der Waals surface area contributed by atoms with Crippen LogP contribution in [0.3, 0.4) is 0 Å². The smallest absolute Gasteiger partial charge is 0.311 e. The number of ether oxygens (including phenoxy) is 3. The Balaban J connectivity index is 2.54. The van der Waals surface area contributed by atoms with Gasteiger partial charge in [0.05, 0.1) is 41.2 Å². The van der Waals surface area contributed by atoms with Gasteiger partial charge in [-0.05, 0) is 40.8 Å². The molecule has 0 bridgehead atoms. The monoisotopic (exact) mass is 429 g/mol. The van der Waals surface area contributed by atoms with Crippen molar-refractivity contribution in [3.63, 3.8) is 0 Å². The summed E-state index contributed by atoms with van der Waals surface area (Å²) in [6.07, 6.45) is 4.19. The standard InChI is InChI=1S/C18H24BrNO6/c1-24-15-10-14(20(22)23)12(9-13(15)19)17(25-2)16(18(21)26-3)11-7-5-4-6-8-11/h9-11,16-17H,4-8H2,1-3H3. The molecule has 1 fully saturated rings. The van der Waals surface area contributed by atoms with Gasteiger partial charge in [-0.2, -0.15) is 0 Å². The molecular formula is C18H24BrNO6. The molecule has 0 spiro atoms. The molecule has 1 aliphatic rings. The van der Waals surface area contributed by atoms with Crippen LogP contribution in [0.15, 0.2) is 16.6 Å². The number of nitro benzene ring substituents is 1. The van der Waals surface area contributed by atoms with E-state index in [1.165, 1.54) is 27.4 Å². The molecule has 0 radical (unpaired) electrons. The van der Waals surface area contributed by atoms with E-state index in [-0.39, 0.29) is 11.6 Å². The number of rotatable bonds is 7. The van der Waals surface area contributed by atoms with Crippen molar-refractivity contribution in [1.29, 1.82) is 0 Å².